The summed E-state index contributed by atoms with van der Waals surface area (Å²) >= 11 is 0. The van der Waals surface area contributed by atoms with Gasteiger partial charge < -0.3 is 15.0 Å². The molecule has 0 spiro atoms. The lowest BCUT2D eigenvalue weighted by Gasteiger charge is -2.56. The van der Waals surface area contributed by atoms with Gasteiger partial charge in [0.2, 0.25) is 0 Å². The number of aliphatic imine (C=N–C) groups is 1. The molecule has 36 heavy (non-hydrogen) atoms. The Bertz CT molecular complexity index is 1340. The summed E-state index contributed by atoms with van der Waals surface area (Å²) in [5.74, 6) is -1.29. The summed E-state index contributed by atoms with van der Waals surface area (Å²) < 4.78 is 29.1. The van der Waals surface area contributed by atoms with E-state index in [0.29, 0.717) is 24.1 Å². The molecule has 2 aromatic heterocycles. The molecule has 2 aromatic rings. The molecular weight excluding hydrogens is 489 g/mol. The van der Waals surface area contributed by atoms with E-state index in [1.54, 1.807) is 27.7 Å². The van der Waals surface area contributed by atoms with Gasteiger partial charge in [-0.05, 0) is 57.9 Å². The predicted octanol–water partition coefficient (Wildman–Crippen LogP) is 3.28. The van der Waals surface area contributed by atoms with Gasteiger partial charge in [0.1, 0.15) is 40.5 Å². The van der Waals surface area contributed by atoms with Crippen LogP contribution in [-0.4, -0.2) is 54.0 Å². The lowest BCUT2D eigenvalue weighted by Crippen LogP contribution is -2.59. The van der Waals surface area contributed by atoms with E-state index in [0.717, 1.165) is 6.07 Å². The van der Waals surface area contributed by atoms with Crippen LogP contribution < -0.4 is 15.4 Å². The van der Waals surface area contributed by atoms with E-state index in [-0.39, 0.29) is 23.0 Å². The monoisotopic (exact) mass is 515 g/mol. The molecule has 13 heteroatoms. The molecular formula is C23H26FN7O4S. The van der Waals surface area contributed by atoms with Crippen molar-refractivity contribution >= 4 is 34.1 Å². The van der Waals surface area contributed by atoms with Gasteiger partial charge in [0, 0.05) is 12.7 Å². The summed E-state index contributed by atoms with van der Waals surface area (Å²) in [4.78, 5) is 37.4. The Balaban J connectivity index is 1.77. The summed E-state index contributed by atoms with van der Waals surface area (Å²) in [5, 5.41) is 22.7. The number of nitrogens with one attached hydrogen (secondary N) is 3. The number of hydrogen-bond donors (Lipinski definition) is 5. The average molecular weight is 516 g/mol. The highest BCUT2D eigenvalue weighted by atomic mass is 32.3. The van der Waals surface area contributed by atoms with Gasteiger partial charge in [0.05, 0.1) is 15.6 Å². The molecule has 11 nitrogen and oxygen atoms in total. The highest BCUT2D eigenvalue weighted by Crippen LogP contribution is 2.67. The topological polar surface area (TPSA) is 173 Å². The number of aryl methyl sites for hydroxylation is 1. The van der Waals surface area contributed by atoms with Crippen LogP contribution in [0.2, 0.25) is 0 Å². The largest absolute Gasteiger partial charge is 0.465 e. The van der Waals surface area contributed by atoms with Crippen LogP contribution in [0.1, 0.15) is 54.5 Å². The first-order valence-corrected chi connectivity index (χ1v) is 12.7. The molecule has 0 unspecified atom stereocenters. The average Bonchev–Trinajstić information content (AvgIpc) is 3.23. The molecule has 0 saturated carbocycles. The van der Waals surface area contributed by atoms with Crippen LogP contribution in [0.4, 0.5) is 15.0 Å². The van der Waals surface area contributed by atoms with Gasteiger partial charge in [0.25, 0.3) is 5.91 Å². The molecule has 2 aliphatic heterocycles. The number of nitrogens with zero attached hydrogens (tertiary/aromatic N) is 4. The number of aromatic nitrogens is 2. The van der Waals surface area contributed by atoms with Crippen LogP contribution in [0, 0.1) is 24.1 Å². The fraction of sp³-hybridized carbons (Fsp3) is 0.391. The van der Waals surface area contributed by atoms with Crippen LogP contribution in [0.15, 0.2) is 29.4 Å². The van der Waals surface area contributed by atoms with E-state index in [1.165, 1.54) is 18.3 Å². The van der Waals surface area contributed by atoms with E-state index in [1.807, 2.05) is 6.07 Å². The second kappa shape index (κ2) is 8.81. The van der Waals surface area contributed by atoms with Crippen LogP contribution >= 0.6 is 10.5 Å². The number of halogens is 1. The summed E-state index contributed by atoms with van der Waals surface area (Å²) in [6.45, 7) is 7.06. The van der Waals surface area contributed by atoms with Crippen molar-refractivity contribution in [2.45, 2.75) is 49.7 Å². The Morgan fingerprint density at radius 2 is 2.03 bits per heavy atom. The van der Waals surface area contributed by atoms with Crippen molar-refractivity contribution in [3.63, 3.8) is 0 Å². The maximum absolute atomic E-state index is 15.3. The highest BCUT2D eigenvalue weighted by Gasteiger charge is 2.62. The Kier molecular flexibility index (Phi) is 6.24. The smallest absolute Gasteiger partial charge is 0.410 e. The Morgan fingerprint density at radius 1 is 1.31 bits per heavy atom. The molecule has 0 aliphatic carbocycles. The van der Waals surface area contributed by atoms with E-state index < -0.39 is 43.8 Å². The predicted molar refractivity (Wildman–Crippen MR) is 132 cm³/mol. The van der Waals surface area contributed by atoms with Crippen molar-refractivity contribution in [1.29, 1.82) is 5.26 Å². The number of carbonyl (C=O) groups excluding carboxylic acids is 1. The van der Waals surface area contributed by atoms with Gasteiger partial charge in [-0.15, -0.1) is 0 Å². The lowest BCUT2D eigenvalue weighted by atomic mass is 9.89. The van der Waals surface area contributed by atoms with Gasteiger partial charge in [-0.2, -0.15) is 5.26 Å². The summed E-state index contributed by atoms with van der Waals surface area (Å²) in [7, 11) is -2.72. The van der Waals surface area contributed by atoms with Crippen LogP contribution in [0.3, 0.4) is 0 Å². The normalized spacial score (nSPS) is 26.4. The summed E-state index contributed by atoms with van der Waals surface area (Å²) in [5.41, 5.74) is -0.700. The Morgan fingerprint density at radius 3 is 2.67 bits per heavy atom. The molecule has 2 amide bonds. The molecule has 0 aromatic carbocycles. The number of fused-ring (bicyclic) bond motifs is 1. The van der Waals surface area contributed by atoms with E-state index in [4.69, 9.17) is 5.26 Å². The van der Waals surface area contributed by atoms with Gasteiger partial charge in [-0.25, -0.2) is 19.2 Å². The second-order valence-electron chi connectivity index (χ2n) is 9.33. The quantitative estimate of drug-likeness (QED) is 0.414. The molecule has 2 aliphatic rings. The van der Waals surface area contributed by atoms with Crippen molar-refractivity contribution in [2.24, 2.45) is 4.99 Å². The lowest BCUT2D eigenvalue weighted by molar-refractivity contribution is 0.102. The van der Waals surface area contributed by atoms with Crippen molar-refractivity contribution in [3.05, 3.63) is 52.7 Å². The number of amidine groups is 1. The molecule has 190 valence electrons. The maximum atomic E-state index is 15.3. The van der Waals surface area contributed by atoms with Crippen LogP contribution in [0.25, 0.3) is 0 Å². The molecule has 4 heterocycles. The summed E-state index contributed by atoms with van der Waals surface area (Å²) in [6, 6.07) is 5.91. The molecule has 3 atom stereocenters. The van der Waals surface area contributed by atoms with E-state index in [2.05, 4.69) is 30.3 Å². The first-order valence-electron chi connectivity index (χ1n) is 11.1. The molecule has 0 radical (unpaired) electrons. The SMILES string of the molecule is Cc1cc(C#N)cnc1C(=O)Nc1ccc(F)c([C@@]2(C)N=C(NC(=O)O)C(C)(C)[S@@]3(O)NCC[C@@H]23)n1. The number of nitriles is 1. The molecule has 1 fully saturated rings. The minimum atomic E-state index is -2.72. The van der Waals surface area contributed by atoms with Crippen molar-refractivity contribution < 1.29 is 23.6 Å². The summed E-state index contributed by atoms with van der Waals surface area (Å²) in [6.07, 6.45) is 0.378. The number of rotatable bonds is 3. The van der Waals surface area contributed by atoms with E-state index in [9.17, 15) is 19.2 Å². The van der Waals surface area contributed by atoms with Gasteiger partial charge in [-0.1, -0.05) is 10.5 Å². The van der Waals surface area contributed by atoms with Crippen LogP contribution in [0.5, 0.6) is 0 Å². The molecule has 1 saturated heterocycles. The molecule has 4 rings (SSSR count). The maximum Gasteiger partial charge on any atom is 0.410 e. The Hall–Kier alpha value is -3.60. The van der Waals surface area contributed by atoms with Crippen molar-refractivity contribution in [2.75, 3.05) is 11.9 Å². The zero-order valence-electron chi connectivity index (χ0n) is 20.1. The number of carbonyl (C=O) groups is 2. The van der Waals surface area contributed by atoms with Gasteiger partial charge in [-0.3, -0.25) is 19.8 Å². The first kappa shape index (κ1) is 25.5. The standard InChI is InChI=1S/C23H26FN7O4S/c1-12-9-13(10-25)11-26-17(12)19(32)29-16-6-5-14(24)18(28-16)23(4)15-7-8-27-36(15,35)22(2,3)20(31-23)30-21(33)34/h5-6,9,11,15,27,35H,7-8H2,1-4H3,(H,30,31)(H,33,34)(H,28,29,32)/t15-,23-/m0/s1. The number of pyridine rings is 2. The minimum Gasteiger partial charge on any atom is -0.465 e. The second-order valence-corrected chi connectivity index (χ2v) is 12.5. The minimum absolute atomic E-state index is 0.00584. The Labute approximate surface area is 208 Å². The fourth-order valence-corrected chi connectivity index (χ4v) is 8.13. The number of amides is 2. The molecule has 0 bridgehead atoms. The third-order valence-electron chi connectivity index (χ3n) is 6.67. The number of carboxylic acid groups (broad SMARTS) is 1. The third-order valence-corrected chi connectivity index (χ3v) is 10.6. The fourth-order valence-electron chi connectivity index (χ4n) is 4.75. The van der Waals surface area contributed by atoms with Crippen molar-refractivity contribution in [1.82, 2.24) is 20.0 Å². The van der Waals surface area contributed by atoms with Gasteiger partial charge >= 0.3 is 6.09 Å². The van der Waals surface area contributed by atoms with Gasteiger partial charge in [0.15, 0.2) is 0 Å². The van der Waals surface area contributed by atoms with Crippen molar-refractivity contribution in [3.8, 4) is 6.07 Å². The number of anilines is 1. The highest BCUT2D eigenvalue weighted by molar-refractivity contribution is 8.29. The zero-order chi connectivity index (χ0) is 26.5. The number of hydrogen-bond acceptors (Lipinski definition) is 8. The molecule has 5 N–H and O–H groups in total. The third kappa shape index (κ3) is 3.97. The van der Waals surface area contributed by atoms with Crippen LogP contribution in [-0.2, 0) is 5.54 Å². The first-order chi connectivity index (χ1) is 16.8. The zero-order valence-corrected chi connectivity index (χ0v) is 20.9. The van der Waals surface area contributed by atoms with E-state index >= 15 is 4.39 Å².